The Kier molecular flexibility index (Phi) is 6.55. The molecule has 0 aliphatic rings. The summed E-state index contributed by atoms with van der Waals surface area (Å²) in [5, 5.41) is 25.2. The zero-order valence-corrected chi connectivity index (χ0v) is 18.5. The van der Waals surface area contributed by atoms with Gasteiger partial charge in [-0.1, -0.05) is 23.5 Å². The van der Waals surface area contributed by atoms with Crippen molar-refractivity contribution in [2.75, 3.05) is 17.7 Å². The minimum absolute atomic E-state index is 0.123. The van der Waals surface area contributed by atoms with Gasteiger partial charge in [0.2, 0.25) is 5.13 Å². The maximum absolute atomic E-state index is 12.9. The summed E-state index contributed by atoms with van der Waals surface area (Å²) in [6.45, 7) is 0. The normalized spacial score (nSPS) is 10.4. The van der Waals surface area contributed by atoms with E-state index in [0.29, 0.717) is 15.9 Å². The third-order valence-corrected chi connectivity index (χ3v) is 5.63. The second kappa shape index (κ2) is 9.88. The number of ether oxygens (including phenoxy) is 1. The number of nitrogens with one attached hydrogen (secondary N) is 2. The molecule has 0 aliphatic heterocycles. The van der Waals surface area contributed by atoms with E-state index in [2.05, 4.69) is 20.8 Å². The SMILES string of the molecule is COc1ccc(-c2nnc(NC(=O)c3ccccc3NC(=O)c3ccc([N+](=O)[O-])cc3)s2)cc1. The molecule has 34 heavy (non-hydrogen) atoms. The molecule has 4 aromatic rings. The lowest BCUT2D eigenvalue weighted by atomic mass is 10.1. The standard InChI is InChI=1S/C23H17N5O5S/c1-33-17-12-8-15(9-13-17)22-26-27-23(34-22)25-21(30)18-4-2-3-5-19(18)24-20(29)14-6-10-16(11-7-14)28(31)32/h2-13H,1H3,(H,24,29)(H,25,27,30). The number of nitro benzene ring substituents is 1. The van der Waals surface area contributed by atoms with Gasteiger partial charge in [-0.25, -0.2) is 0 Å². The largest absolute Gasteiger partial charge is 0.497 e. The van der Waals surface area contributed by atoms with Crippen LogP contribution in [0.3, 0.4) is 0 Å². The van der Waals surface area contributed by atoms with Crippen LogP contribution in [0.1, 0.15) is 20.7 Å². The molecule has 0 spiro atoms. The number of aromatic nitrogens is 2. The molecule has 11 heteroatoms. The lowest BCUT2D eigenvalue weighted by Gasteiger charge is -2.10. The molecule has 0 saturated heterocycles. The predicted molar refractivity (Wildman–Crippen MR) is 127 cm³/mol. The minimum Gasteiger partial charge on any atom is -0.497 e. The number of non-ortho nitro benzene ring substituents is 1. The zero-order valence-electron chi connectivity index (χ0n) is 17.7. The van der Waals surface area contributed by atoms with Crippen molar-refractivity contribution in [2.45, 2.75) is 0 Å². The number of carbonyl (C=O) groups is 2. The monoisotopic (exact) mass is 475 g/mol. The van der Waals surface area contributed by atoms with E-state index >= 15 is 0 Å². The number of nitro groups is 1. The Bertz CT molecular complexity index is 1350. The topological polar surface area (TPSA) is 136 Å². The summed E-state index contributed by atoms with van der Waals surface area (Å²) in [5.41, 5.74) is 1.42. The first-order chi connectivity index (χ1) is 16.4. The summed E-state index contributed by atoms with van der Waals surface area (Å²) in [4.78, 5) is 35.7. The van der Waals surface area contributed by atoms with Crippen LogP contribution in [0.5, 0.6) is 5.75 Å². The van der Waals surface area contributed by atoms with Crippen LogP contribution in [0, 0.1) is 10.1 Å². The molecule has 3 aromatic carbocycles. The summed E-state index contributed by atoms with van der Waals surface area (Å²) < 4.78 is 5.15. The summed E-state index contributed by atoms with van der Waals surface area (Å²) in [6, 6.07) is 18.9. The molecule has 0 atom stereocenters. The number of benzene rings is 3. The van der Waals surface area contributed by atoms with Gasteiger partial charge in [0.25, 0.3) is 17.5 Å². The van der Waals surface area contributed by atoms with Gasteiger partial charge >= 0.3 is 0 Å². The molecular weight excluding hydrogens is 458 g/mol. The van der Waals surface area contributed by atoms with Crippen LogP contribution in [0.15, 0.2) is 72.8 Å². The first kappa shape index (κ1) is 22.6. The Morgan fingerprint density at radius 3 is 2.29 bits per heavy atom. The number of hydrogen-bond acceptors (Lipinski definition) is 8. The van der Waals surface area contributed by atoms with Crippen molar-refractivity contribution in [3.8, 4) is 16.3 Å². The number of rotatable bonds is 7. The Morgan fingerprint density at radius 2 is 1.62 bits per heavy atom. The molecule has 1 heterocycles. The molecule has 2 amide bonds. The molecular formula is C23H17N5O5S. The van der Waals surface area contributed by atoms with Crippen molar-refractivity contribution in [3.05, 3.63) is 94.0 Å². The van der Waals surface area contributed by atoms with Crippen LogP contribution in [0.4, 0.5) is 16.5 Å². The number of carbonyl (C=O) groups excluding carboxylic acids is 2. The Hall–Kier alpha value is -4.64. The average Bonchev–Trinajstić information content (AvgIpc) is 3.32. The Labute approximate surface area is 197 Å². The van der Waals surface area contributed by atoms with Gasteiger partial charge in [-0.05, 0) is 48.5 Å². The van der Waals surface area contributed by atoms with Gasteiger partial charge in [-0.3, -0.25) is 25.0 Å². The summed E-state index contributed by atoms with van der Waals surface area (Å²) in [6.07, 6.45) is 0. The van der Waals surface area contributed by atoms with Gasteiger partial charge in [-0.2, -0.15) is 0 Å². The second-order valence-electron chi connectivity index (χ2n) is 6.90. The van der Waals surface area contributed by atoms with Crippen molar-refractivity contribution < 1.29 is 19.2 Å². The first-order valence-corrected chi connectivity index (χ1v) is 10.7. The van der Waals surface area contributed by atoms with E-state index in [1.807, 2.05) is 12.1 Å². The van der Waals surface area contributed by atoms with Crippen LogP contribution in [-0.2, 0) is 0 Å². The quantitative estimate of drug-likeness (QED) is 0.294. The number of methoxy groups -OCH3 is 1. The number of amides is 2. The highest BCUT2D eigenvalue weighted by Gasteiger charge is 2.17. The van der Waals surface area contributed by atoms with E-state index in [1.165, 1.54) is 35.6 Å². The van der Waals surface area contributed by atoms with Crippen molar-refractivity contribution in [1.82, 2.24) is 10.2 Å². The molecule has 0 unspecified atom stereocenters. The van der Waals surface area contributed by atoms with Crippen LogP contribution >= 0.6 is 11.3 Å². The van der Waals surface area contributed by atoms with Crippen LogP contribution in [0.25, 0.3) is 10.6 Å². The molecule has 1 aromatic heterocycles. The fourth-order valence-corrected chi connectivity index (χ4v) is 3.75. The van der Waals surface area contributed by atoms with Crippen molar-refractivity contribution in [1.29, 1.82) is 0 Å². The minimum atomic E-state index is -0.547. The van der Waals surface area contributed by atoms with E-state index < -0.39 is 16.7 Å². The van der Waals surface area contributed by atoms with Crippen molar-refractivity contribution >= 4 is 39.7 Å². The van der Waals surface area contributed by atoms with Gasteiger partial charge in [0.1, 0.15) is 10.8 Å². The molecule has 170 valence electrons. The van der Waals surface area contributed by atoms with Crippen molar-refractivity contribution in [2.24, 2.45) is 0 Å². The molecule has 2 N–H and O–H groups in total. The lowest BCUT2D eigenvalue weighted by molar-refractivity contribution is -0.384. The number of hydrogen-bond donors (Lipinski definition) is 2. The highest BCUT2D eigenvalue weighted by atomic mass is 32.1. The lowest BCUT2D eigenvalue weighted by Crippen LogP contribution is -2.18. The van der Waals surface area contributed by atoms with Crippen molar-refractivity contribution in [3.63, 3.8) is 0 Å². The predicted octanol–water partition coefficient (Wildman–Crippen LogP) is 4.63. The third kappa shape index (κ3) is 5.05. The van der Waals surface area contributed by atoms with E-state index in [0.717, 1.165) is 5.56 Å². The summed E-state index contributed by atoms with van der Waals surface area (Å²) in [5.74, 6) is -0.265. The number of para-hydroxylation sites is 1. The highest BCUT2D eigenvalue weighted by Crippen LogP contribution is 2.28. The van der Waals surface area contributed by atoms with Crippen LogP contribution < -0.4 is 15.4 Å². The summed E-state index contributed by atoms with van der Waals surface area (Å²) >= 11 is 1.21. The van der Waals surface area contributed by atoms with E-state index in [9.17, 15) is 19.7 Å². The molecule has 0 radical (unpaired) electrons. The van der Waals surface area contributed by atoms with Gasteiger partial charge in [0.15, 0.2) is 0 Å². The average molecular weight is 475 g/mol. The van der Waals surface area contributed by atoms with Gasteiger partial charge in [0.05, 0.1) is 23.3 Å². The van der Waals surface area contributed by atoms with E-state index in [4.69, 9.17) is 4.74 Å². The molecule has 10 nitrogen and oxygen atoms in total. The van der Waals surface area contributed by atoms with E-state index in [-0.39, 0.29) is 22.5 Å². The fourth-order valence-electron chi connectivity index (χ4n) is 3.01. The molecule has 0 bridgehead atoms. The molecule has 0 aliphatic carbocycles. The molecule has 4 rings (SSSR count). The Morgan fingerprint density at radius 1 is 0.912 bits per heavy atom. The van der Waals surface area contributed by atoms with Crippen LogP contribution in [-0.4, -0.2) is 34.0 Å². The number of anilines is 2. The van der Waals surface area contributed by atoms with E-state index in [1.54, 1.807) is 43.5 Å². The molecule has 0 saturated carbocycles. The summed E-state index contributed by atoms with van der Waals surface area (Å²) in [7, 11) is 1.58. The number of nitrogens with zero attached hydrogens (tertiary/aromatic N) is 3. The highest BCUT2D eigenvalue weighted by molar-refractivity contribution is 7.18. The van der Waals surface area contributed by atoms with Gasteiger partial charge in [-0.15, -0.1) is 10.2 Å². The van der Waals surface area contributed by atoms with Gasteiger partial charge in [0, 0.05) is 23.3 Å². The van der Waals surface area contributed by atoms with Gasteiger partial charge < -0.3 is 10.1 Å². The molecule has 0 fully saturated rings. The smallest absolute Gasteiger partial charge is 0.269 e. The van der Waals surface area contributed by atoms with Crippen LogP contribution in [0.2, 0.25) is 0 Å². The zero-order chi connectivity index (χ0) is 24.1. The first-order valence-electron chi connectivity index (χ1n) is 9.88. The second-order valence-corrected chi connectivity index (χ2v) is 7.88. The third-order valence-electron chi connectivity index (χ3n) is 4.74. The maximum Gasteiger partial charge on any atom is 0.269 e. The Balaban J connectivity index is 1.48. The maximum atomic E-state index is 12.9. The fraction of sp³-hybridized carbons (Fsp3) is 0.0435.